The van der Waals surface area contributed by atoms with E-state index in [9.17, 15) is 4.79 Å². The zero-order valence-electron chi connectivity index (χ0n) is 8.69. The van der Waals surface area contributed by atoms with Crippen molar-refractivity contribution in [3.05, 3.63) is 23.4 Å². The van der Waals surface area contributed by atoms with Gasteiger partial charge in [-0.3, -0.25) is 4.79 Å². The summed E-state index contributed by atoms with van der Waals surface area (Å²) < 4.78 is 5.33. The van der Waals surface area contributed by atoms with Crippen LogP contribution < -0.4 is 16.2 Å². The normalized spacial score (nSPS) is 10.0. The van der Waals surface area contributed by atoms with Crippen molar-refractivity contribution in [1.29, 1.82) is 0 Å². The molecule has 1 amide bonds. The summed E-state index contributed by atoms with van der Waals surface area (Å²) in [6.07, 6.45) is 2.30. The van der Waals surface area contributed by atoms with Crippen LogP contribution in [0.3, 0.4) is 0 Å². The number of primary amides is 1. The Labute approximate surface area is 88.4 Å². The van der Waals surface area contributed by atoms with Crippen LogP contribution in [0, 0.1) is 6.92 Å². The molecule has 0 aliphatic heterocycles. The monoisotopic (exact) mass is 209 g/mol. The molecule has 0 fully saturated rings. The molecular weight excluding hydrogens is 194 g/mol. The lowest BCUT2D eigenvalue weighted by Gasteiger charge is -2.09. The third-order valence-electron chi connectivity index (χ3n) is 1.96. The standard InChI is InChI=1S/C10H15N3O2/c1-7-3-5-13-10(8(7)9(12)14)15-6-2-4-11/h3,5H,2,4,6,11H2,1H3,(H2,12,14). The molecule has 5 nitrogen and oxygen atoms in total. The van der Waals surface area contributed by atoms with Gasteiger partial charge in [-0.15, -0.1) is 0 Å². The summed E-state index contributed by atoms with van der Waals surface area (Å²) in [5.74, 6) is -0.237. The third kappa shape index (κ3) is 2.92. The van der Waals surface area contributed by atoms with Crippen LogP contribution in [0.2, 0.25) is 0 Å². The van der Waals surface area contributed by atoms with Crippen molar-refractivity contribution >= 4 is 5.91 Å². The fourth-order valence-corrected chi connectivity index (χ4v) is 1.19. The number of nitrogens with zero attached hydrogens (tertiary/aromatic N) is 1. The van der Waals surface area contributed by atoms with E-state index < -0.39 is 5.91 Å². The number of aryl methyl sites for hydroxylation is 1. The highest BCUT2D eigenvalue weighted by Gasteiger charge is 2.13. The van der Waals surface area contributed by atoms with Crippen LogP contribution in [0.25, 0.3) is 0 Å². The van der Waals surface area contributed by atoms with Crippen molar-refractivity contribution in [2.45, 2.75) is 13.3 Å². The van der Waals surface area contributed by atoms with E-state index in [0.717, 1.165) is 5.56 Å². The third-order valence-corrected chi connectivity index (χ3v) is 1.96. The van der Waals surface area contributed by atoms with E-state index in [1.54, 1.807) is 19.2 Å². The van der Waals surface area contributed by atoms with Gasteiger partial charge in [-0.05, 0) is 31.5 Å². The van der Waals surface area contributed by atoms with E-state index >= 15 is 0 Å². The molecular formula is C10H15N3O2. The zero-order valence-corrected chi connectivity index (χ0v) is 8.69. The van der Waals surface area contributed by atoms with Crippen LogP contribution in [0.4, 0.5) is 0 Å². The summed E-state index contributed by atoms with van der Waals surface area (Å²) >= 11 is 0. The van der Waals surface area contributed by atoms with Crippen LogP contribution in [-0.2, 0) is 0 Å². The average Bonchev–Trinajstić information content (AvgIpc) is 2.17. The van der Waals surface area contributed by atoms with E-state index in [0.29, 0.717) is 25.1 Å². The number of hydrogen-bond acceptors (Lipinski definition) is 4. The summed E-state index contributed by atoms with van der Waals surface area (Å²) in [7, 11) is 0. The van der Waals surface area contributed by atoms with Gasteiger partial charge >= 0.3 is 0 Å². The SMILES string of the molecule is Cc1ccnc(OCCCN)c1C(N)=O. The second kappa shape index (κ2) is 5.31. The fraction of sp³-hybridized carbons (Fsp3) is 0.400. The maximum absolute atomic E-state index is 11.2. The molecule has 0 bridgehead atoms. The van der Waals surface area contributed by atoms with Crippen LogP contribution in [0.5, 0.6) is 5.88 Å². The molecule has 1 heterocycles. The summed E-state index contributed by atoms with van der Waals surface area (Å²) in [6.45, 7) is 2.77. The number of carbonyl (C=O) groups excluding carboxylic acids is 1. The summed E-state index contributed by atoms with van der Waals surface area (Å²) in [6, 6.07) is 1.72. The Kier molecular flexibility index (Phi) is 4.05. The molecule has 1 aromatic rings. The zero-order chi connectivity index (χ0) is 11.3. The average molecular weight is 209 g/mol. The molecule has 0 unspecified atom stereocenters. The Bertz CT molecular complexity index is 353. The molecule has 0 saturated carbocycles. The number of nitrogens with two attached hydrogens (primary N) is 2. The van der Waals surface area contributed by atoms with Crippen molar-refractivity contribution in [2.24, 2.45) is 11.5 Å². The first-order valence-corrected chi connectivity index (χ1v) is 4.75. The van der Waals surface area contributed by atoms with Crippen molar-refractivity contribution in [3.8, 4) is 5.88 Å². The van der Waals surface area contributed by atoms with Gasteiger partial charge in [0.05, 0.1) is 6.61 Å². The number of pyridine rings is 1. The number of carbonyl (C=O) groups is 1. The Balaban J connectivity index is 2.86. The summed E-state index contributed by atoms with van der Waals surface area (Å²) in [4.78, 5) is 15.1. The molecule has 15 heavy (non-hydrogen) atoms. The van der Waals surface area contributed by atoms with Gasteiger partial charge < -0.3 is 16.2 Å². The lowest BCUT2D eigenvalue weighted by molar-refractivity contribution is 0.0995. The Morgan fingerprint density at radius 3 is 2.93 bits per heavy atom. The largest absolute Gasteiger partial charge is 0.477 e. The van der Waals surface area contributed by atoms with Crippen molar-refractivity contribution < 1.29 is 9.53 Å². The van der Waals surface area contributed by atoms with Gasteiger partial charge in [-0.25, -0.2) is 4.98 Å². The number of hydrogen-bond donors (Lipinski definition) is 2. The van der Waals surface area contributed by atoms with Gasteiger partial charge in [0.1, 0.15) is 5.56 Å². The summed E-state index contributed by atoms with van der Waals surface area (Å²) in [5, 5.41) is 0. The van der Waals surface area contributed by atoms with E-state index in [1.807, 2.05) is 0 Å². The smallest absolute Gasteiger partial charge is 0.254 e. The molecule has 1 rings (SSSR count). The number of aromatic nitrogens is 1. The quantitative estimate of drug-likeness (QED) is 0.678. The maximum Gasteiger partial charge on any atom is 0.254 e. The first-order valence-electron chi connectivity index (χ1n) is 4.75. The van der Waals surface area contributed by atoms with E-state index in [4.69, 9.17) is 16.2 Å². The minimum Gasteiger partial charge on any atom is -0.477 e. The highest BCUT2D eigenvalue weighted by atomic mass is 16.5. The summed E-state index contributed by atoms with van der Waals surface area (Å²) in [5.41, 5.74) is 11.7. The molecule has 5 heteroatoms. The molecule has 0 aliphatic rings. The number of amides is 1. The molecule has 82 valence electrons. The van der Waals surface area contributed by atoms with Crippen LogP contribution in [-0.4, -0.2) is 24.0 Å². The lowest BCUT2D eigenvalue weighted by atomic mass is 10.1. The molecule has 0 spiro atoms. The topological polar surface area (TPSA) is 91.2 Å². The van der Waals surface area contributed by atoms with Gasteiger partial charge in [0.2, 0.25) is 5.88 Å². The number of rotatable bonds is 5. The van der Waals surface area contributed by atoms with Gasteiger partial charge in [-0.1, -0.05) is 0 Å². The van der Waals surface area contributed by atoms with Crippen molar-refractivity contribution in [1.82, 2.24) is 4.98 Å². The second-order valence-corrected chi connectivity index (χ2v) is 3.16. The molecule has 0 radical (unpaired) electrons. The predicted molar refractivity (Wildman–Crippen MR) is 56.7 cm³/mol. The predicted octanol–water partition coefficient (Wildman–Crippen LogP) is 0.217. The van der Waals surface area contributed by atoms with E-state index in [1.165, 1.54) is 0 Å². The van der Waals surface area contributed by atoms with E-state index in [-0.39, 0.29) is 5.88 Å². The molecule has 4 N–H and O–H groups in total. The first-order chi connectivity index (χ1) is 7.16. The molecule has 1 aromatic heterocycles. The van der Waals surface area contributed by atoms with Crippen molar-refractivity contribution in [3.63, 3.8) is 0 Å². The molecule has 0 atom stereocenters. The fourth-order valence-electron chi connectivity index (χ4n) is 1.19. The Morgan fingerprint density at radius 1 is 1.60 bits per heavy atom. The van der Waals surface area contributed by atoms with Crippen LogP contribution in [0.1, 0.15) is 22.3 Å². The van der Waals surface area contributed by atoms with Gasteiger partial charge in [0, 0.05) is 6.20 Å². The molecule has 0 saturated heterocycles. The molecule has 0 aliphatic carbocycles. The van der Waals surface area contributed by atoms with Crippen LogP contribution >= 0.6 is 0 Å². The lowest BCUT2D eigenvalue weighted by Crippen LogP contribution is -2.16. The number of ether oxygens (including phenoxy) is 1. The van der Waals surface area contributed by atoms with Gasteiger partial charge in [-0.2, -0.15) is 0 Å². The Morgan fingerprint density at radius 2 is 2.33 bits per heavy atom. The minimum atomic E-state index is -0.525. The van der Waals surface area contributed by atoms with Crippen LogP contribution in [0.15, 0.2) is 12.3 Å². The minimum absolute atomic E-state index is 0.288. The molecule has 0 aromatic carbocycles. The van der Waals surface area contributed by atoms with E-state index in [2.05, 4.69) is 4.98 Å². The van der Waals surface area contributed by atoms with Gasteiger partial charge in [0.15, 0.2) is 0 Å². The highest BCUT2D eigenvalue weighted by molar-refractivity contribution is 5.96. The Hall–Kier alpha value is -1.62. The maximum atomic E-state index is 11.2. The first kappa shape index (κ1) is 11.5. The van der Waals surface area contributed by atoms with Gasteiger partial charge in [0.25, 0.3) is 5.91 Å². The van der Waals surface area contributed by atoms with Crippen molar-refractivity contribution in [2.75, 3.05) is 13.2 Å². The highest BCUT2D eigenvalue weighted by Crippen LogP contribution is 2.18. The second-order valence-electron chi connectivity index (χ2n) is 3.16.